The molecule has 2 aliphatic heterocycles. The van der Waals surface area contributed by atoms with Gasteiger partial charge >= 0.3 is 10.1 Å². The number of benzene rings is 2. The Kier molecular flexibility index (Phi) is 4.23. The Bertz CT molecular complexity index is 1070. The lowest BCUT2D eigenvalue weighted by Crippen LogP contribution is -2.41. The minimum absolute atomic E-state index is 0.241. The van der Waals surface area contributed by atoms with E-state index in [1.807, 2.05) is 29.2 Å². The Morgan fingerprint density at radius 1 is 1.19 bits per heavy atom. The highest BCUT2D eigenvalue weighted by Crippen LogP contribution is 2.42. The largest absolute Gasteiger partial charge is 0.383 e. The molecule has 0 spiro atoms. The van der Waals surface area contributed by atoms with Crippen LogP contribution in [-0.2, 0) is 15.7 Å². The van der Waals surface area contributed by atoms with Gasteiger partial charge in [0.2, 0.25) is 0 Å². The number of hydrogen-bond acceptors (Lipinski definition) is 7. The monoisotopic (exact) mass is 448 g/mol. The number of halogens is 1. The van der Waals surface area contributed by atoms with Gasteiger partial charge in [-0.15, -0.1) is 0 Å². The lowest BCUT2D eigenvalue weighted by molar-refractivity contribution is 0.492. The third-order valence-electron chi connectivity index (χ3n) is 4.49. The fraction of sp³-hybridized carbons (Fsp3) is 0.222. The zero-order chi connectivity index (χ0) is 19.2. The molecule has 2 heterocycles. The van der Waals surface area contributed by atoms with Crippen LogP contribution in [0.4, 0.5) is 0 Å². The molecule has 2 aromatic rings. The lowest BCUT2D eigenvalue weighted by atomic mass is 9.82. The fourth-order valence-electron chi connectivity index (χ4n) is 3.46. The number of hydrogen-bond donors (Lipinski definition) is 1. The average Bonchev–Trinajstić information content (AvgIpc) is 3.18. The predicted molar refractivity (Wildman–Crippen MR) is 107 cm³/mol. The van der Waals surface area contributed by atoms with Crippen molar-refractivity contribution in [1.82, 2.24) is 4.90 Å². The van der Waals surface area contributed by atoms with E-state index in [4.69, 9.17) is 14.9 Å². The Hall–Kier alpha value is -2.39. The highest BCUT2D eigenvalue weighted by molar-refractivity contribution is 9.10. The molecule has 0 fully saturated rings. The van der Waals surface area contributed by atoms with Crippen molar-refractivity contribution in [2.45, 2.75) is 5.54 Å². The van der Waals surface area contributed by atoms with Gasteiger partial charge < -0.3 is 9.92 Å². The van der Waals surface area contributed by atoms with Crippen LogP contribution in [0.1, 0.15) is 11.1 Å². The van der Waals surface area contributed by atoms with Crippen LogP contribution >= 0.6 is 15.9 Å². The second kappa shape index (κ2) is 6.35. The topological polar surface area (TPSA) is 97.3 Å². The van der Waals surface area contributed by atoms with Crippen LogP contribution in [0.25, 0.3) is 0 Å². The van der Waals surface area contributed by atoms with Crippen LogP contribution in [-0.4, -0.2) is 44.5 Å². The molecule has 7 nitrogen and oxygen atoms in total. The maximum atomic E-state index is 11.4. The molecule has 0 aromatic heterocycles. The molecule has 4 rings (SSSR count). The molecule has 2 N–H and O–H groups in total. The predicted octanol–water partition coefficient (Wildman–Crippen LogP) is 2.07. The summed E-state index contributed by atoms with van der Waals surface area (Å²) in [5.74, 6) is 1.43. The molecule has 0 radical (unpaired) electrons. The number of aliphatic imine (C=N–C) groups is 2. The first kappa shape index (κ1) is 18.0. The number of nitrogens with zero attached hydrogens (tertiary/aromatic N) is 3. The van der Waals surface area contributed by atoms with Crippen molar-refractivity contribution < 1.29 is 12.6 Å². The van der Waals surface area contributed by atoms with Crippen molar-refractivity contribution in [3.63, 3.8) is 0 Å². The Morgan fingerprint density at radius 3 is 2.59 bits per heavy atom. The Balaban J connectivity index is 1.88. The van der Waals surface area contributed by atoms with E-state index in [2.05, 4.69) is 20.9 Å². The first-order valence-electron chi connectivity index (χ1n) is 8.23. The molecule has 2 aliphatic rings. The molecule has 27 heavy (non-hydrogen) atoms. The number of guanidine groups is 1. The molecule has 0 aliphatic carbocycles. The van der Waals surface area contributed by atoms with Gasteiger partial charge in [0.05, 0.1) is 12.8 Å². The average molecular weight is 449 g/mol. The number of fused-ring (bicyclic) bond motifs is 1. The molecule has 0 amide bonds. The third kappa shape index (κ3) is 3.10. The second-order valence-corrected chi connectivity index (χ2v) is 8.85. The molecule has 0 saturated carbocycles. The van der Waals surface area contributed by atoms with Crippen LogP contribution in [0.5, 0.6) is 5.75 Å². The summed E-state index contributed by atoms with van der Waals surface area (Å²) < 4.78 is 28.6. The van der Waals surface area contributed by atoms with Gasteiger partial charge in [0.1, 0.15) is 11.6 Å². The van der Waals surface area contributed by atoms with Gasteiger partial charge in [0.15, 0.2) is 11.5 Å². The fourth-order valence-corrected chi connectivity index (χ4v) is 4.32. The summed E-state index contributed by atoms with van der Waals surface area (Å²) in [5.41, 5.74) is 7.06. The van der Waals surface area contributed by atoms with Crippen LogP contribution in [0.3, 0.4) is 0 Å². The molecule has 140 valence electrons. The van der Waals surface area contributed by atoms with Crippen LogP contribution in [0, 0.1) is 0 Å². The highest BCUT2D eigenvalue weighted by atomic mass is 79.9. The van der Waals surface area contributed by atoms with E-state index < -0.39 is 15.7 Å². The summed E-state index contributed by atoms with van der Waals surface area (Å²) in [5, 5.41) is 0. The first-order valence-corrected chi connectivity index (χ1v) is 10.8. The maximum absolute atomic E-state index is 11.4. The summed E-state index contributed by atoms with van der Waals surface area (Å²) in [4.78, 5) is 11.4. The zero-order valence-corrected chi connectivity index (χ0v) is 16.9. The van der Waals surface area contributed by atoms with Crippen LogP contribution in [0.15, 0.2) is 63.0 Å². The summed E-state index contributed by atoms with van der Waals surface area (Å²) in [6.07, 6.45) is 1.01. The van der Waals surface area contributed by atoms with Crippen molar-refractivity contribution in [1.29, 1.82) is 0 Å². The standard InChI is InChI=1S/C18H17BrN4O3S/c1-27(24,25)26-15-7-5-12(6-8-15)18(13-3-2-4-14(19)11-13)16-21-9-10-23(16)17(20)22-18/h2-8,11H,9-10H2,1H3,(H2,20,22). The van der Waals surface area contributed by atoms with Gasteiger partial charge in [0.25, 0.3) is 0 Å². The smallest absolute Gasteiger partial charge is 0.306 e. The summed E-state index contributed by atoms with van der Waals surface area (Å²) in [6, 6.07) is 14.7. The van der Waals surface area contributed by atoms with E-state index in [-0.39, 0.29) is 5.75 Å². The number of nitrogens with two attached hydrogens (primary N) is 1. The van der Waals surface area contributed by atoms with Crippen molar-refractivity contribution in [2.75, 3.05) is 19.3 Å². The van der Waals surface area contributed by atoms with Crippen molar-refractivity contribution in [3.8, 4) is 5.75 Å². The van der Waals surface area contributed by atoms with Gasteiger partial charge in [-0.1, -0.05) is 40.2 Å². The second-order valence-electron chi connectivity index (χ2n) is 6.36. The van der Waals surface area contributed by atoms with E-state index in [0.29, 0.717) is 19.0 Å². The van der Waals surface area contributed by atoms with Crippen LogP contribution in [0.2, 0.25) is 0 Å². The summed E-state index contributed by atoms with van der Waals surface area (Å²) >= 11 is 3.52. The molecular formula is C18H17BrN4O3S. The van der Waals surface area contributed by atoms with Crippen molar-refractivity contribution >= 4 is 37.8 Å². The number of amidine groups is 1. The third-order valence-corrected chi connectivity index (χ3v) is 5.47. The minimum Gasteiger partial charge on any atom is -0.383 e. The molecule has 1 atom stereocenters. The molecule has 0 saturated heterocycles. The van der Waals surface area contributed by atoms with Gasteiger partial charge in [-0.05, 0) is 35.4 Å². The van der Waals surface area contributed by atoms with Gasteiger partial charge in [-0.2, -0.15) is 8.42 Å². The Labute approximate surface area is 165 Å². The normalized spacial score (nSPS) is 21.6. The van der Waals surface area contributed by atoms with E-state index in [1.165, 1.54) is 0 Å². The quantitative estimate of drug-likeness (QED) is 0.721. The molecule has 2 aromatic carbocycles. The number of rotatable bonds is 4. The highest BCUT2D eigenvalue weighted by Gasteiger charge is 2.49. The van der Waals surface area contributed by atoms with Gasteiger partial charge in [-0.25, -0.2) is 4.99 Å². The van der Waals surface area contributed by atoms with E-state index >= 15 is 0 Å². The van der Waals surface area contributed by atoms with E-state index in [9.17, 15) is 8.42 Å². The molecule has 0 bridgehead atoms. The molecular weight excluding hydrogens is 432 g/mol. The van der Waals surface area contributed by atoms with Gasteiger partial charge in [-0.3, -0.25) is 9.89 Å². The van der Waals surface area contributed by atoms with Crippen molar-refractivity contribution in [3.05, 3.63) is 64.1 Å². The summed E-state index contributed by atoms with van der Waals surface area (Å²) in [7, 11) is -3.59. The SMILES string of the molecule is CS(=O)(=O)Oc1ccc(C2(c3cccc(Br)c3)N=C(N)N3CCN=C32)cc1. The van der Waals surface area contributed by atoms with Crippen LogP contribution < -0.4 is 9.92 Å². The summed E-state index contributed by atoms with van der Waals surface area (Å²) in [6.45, 7) is 1.34. The van der Waals surface area contributed by atoms with E-state index in [0.717, 1.165) is 27.7 Å². The first-order chi connectivity index (χ1) is 12.8. The Morgan fingerprint density at radius 2 is 1.93 bits per heavy atom. The van der Waals surface area contributed by atoms with E-state index in [1.54, 1.807) is 24.3 Å². The van der Waals surface area contributed by atoms with Crippen molar-refractivity contribution in [2.24, 2.45) is 15.7 Å². The molecule has 1 unspecified atom stereocenters. The lowest BCUT2D eigenvalue weighted by Gasteiger charge is -2.28. The molecule has 9 heteroatoms. The zero-order valence-electron chi connectivity index (χ0n) is 14.5. The maximum Gasteiger partial charge on any atom is 0.306 e. The van der Waals surface area contributed by atoms with Gasteiger partial charge in [0, 0.05) is 11.0 Å². The minimum atomic E-state index is -3.59.